The maximum atomic E-state index is 11.9. The van der Waals surface area contributed by atoms with Gasteiger partial charge in [-0.25, -0.2) is 0 Å². The van der Waals surface area contributed by atoms with Gasteiger partial charge in [0.1, 0.15) is 0 Å². The van der Waals surface area contributed by atoms with E-state index in [2.05, 4.69) is 0 Å². The van der Waals surface area contributed by atoms with Crippen LogP contribution in [-0.2, 0) is 0 Å². The number of ketones is 1. The lowest BCUT2D eigenvalue weighted by Crippen LogP contribution is -1.96. The Hall–Kier alpha value is -3.01. The van der Waals surface area contributed by atoms with Gasteiger partial charge in [0.25, 0.3) is 5.69 Å². The Morgan fingerprint density at radius 1 is 0.864 bits per heavy atom. The molecule has 0 unspecified atom stereocenters. The molecule has 0 aliphatic heterocycles. The van der Waals surface area contributed by atoms with Crippen molar-refractivity contribution in [2.24, 2.45) is 0 Å². The molecule has 0 radical (unpaired) electrons. The first-order valence-corrected chi connectivity index (χ1v) is 6.94. The molecule has 4 aromatic carbocycles. The number of hydrogen-bond acceptors (Lipinski definition) is 3. The highest BCUT2D eigenvalue weighted by molar-refractivity contribution is 6.27. The summed E-state index contributed by atoms with van der Waals surface area (Å²) in [4.78, 5) is 22.8. The SMILES string of the molecule is CC(=O)c1ccc2ccc3c([N+](=O)[O-])ccc4ccc1c2c43. The predicted octanol–water partition coefficient (Wildman–Crippen LogP) is 4.69. The highest BCUT2D eigenvalue weighted by Gasteiger charge is 2.18. The van der Waals surface area contributed by atoms with Gasteiger partial charge < -0.3 is 0 Å². The number of nitrogens with zero attached hydrogens (tertiary/aromatic N) is 1. The van der Waals surface area contributed by atoms with Crippen LogP contribution < -0.4 is 0 Å². The van der Waals surface area contributed by atoms with E-state index in [-0.39, 0.29) is 16.4 Å². The molecular weight excluding hydrogens is 278 g/mol. The van der Waals surface area contributed by atoms with Gasteiger partial charge in [-0.2, -0.15) is 0 Å². The maximum Gasteiger partial charge on any atom is 0.277 e. The molecule has 0 saturated heterocycles. The minimum Gasteiger partial charge on any atom is -0.294 e. The Balaban J connectivity index is 2.33. The summed E-state index contributed by atoms with van der Waals surface area (Å²) in [6, 6.07) is 14.5. The van der Waals surface area contributed by atoms with Crippen LogP contribution in [0.15, 0.2) is 48.5 Å². The van der Waals surface area contributed by atoms with Gasteiger partial charge in [-0.15, -0.1) is 0 Å². The van der Waals surface area contributed by atoms with Crippen molar-refractivity contribution in [2.75, 3.05) is 0 Å². The smallest absolute Gasteiger partial charge is 0.277 e. The highest BCUT2D eigenvalue weighted by Crippen LogP contribution is 2.39. The topological polar surface area (TPSA) is 60.2 Å². The molecule has 0 N–H and O–H groups in total. The molecule has 4 heteroatoms. The van der Waals surface area contributed by atoms with Crippen LogP contribution in [0.1, 0.15) is 17.3 Å². The van der Waals surface area contributed by atoms with Crippen LogP contribution in [0.25, 0.3) is 32.3 Å². The lowest BCUT2D eigenvalue weighted by Gasteiger charge is -2.12. The summed E-state index contributed by atoms with van der Waals surface area (Å²) in [5.41, 5.74) is 0.739. The second-order valence-corrected chi connectivity index (χ2v) is 5.43. The van der Waals surface area contributed by atoms with Gasteiger partial charge in [-0.3, -0.25) is 14.9 Å². The van der Waals surface area contributed by atoms with Crippen LogP contribution in [-0.4, -0.2) is 10.7 Å². The molecular formula is C18H11NO3. The molecule has 4 aromatic rings. The maximum absolute atomic E-state index is 11.9. The Morgan fingerprint density at radius 2 is 1.41 bits per heavy atom. The van der Waals surface area contributed by atoms with Crippen molar-refractivity contribution in [3.05, 3.63) is 64.2 Å². The van der Waals surface area contributed by atoms with Crippen LogP contribution >= 0.6 is 0 Å². The van der Waals surface area contributed by atoms with Gasteiger partial charge in [-0.1, -0.05) is 30.3 Å². The Kier molecular flexibility index (Phi) is 2.45. The van der Waals surface area contributed by atoms with Crippen molar-refractivity contribution in [1.82, 2.24) is 0 Å². The van der Waals surface area contributed by atoms with Gasteiger partial charge in [-0.05, 0) is 40.6 Å². The zero-order valence-electron chi connectivity index (χ0n) is 11.8. The molecule has 0 bridgehead atoms. The Labute approximate surface area is 125 Å². The van der Waals surface area contributed by atoms with Crippen molar-refractivity contribution >= 4 is 43.8 Å². The molecule has 4 rings (SSSR count). The van der Waals surface area contributed by atoms with Crippen molar-refractivity contribution in [2.45, 2.75) is 6.92 Å². The van der Waals surface area contributed by atoms with Crippen molar-refractivity contribution in [1.29, 1.82) is 0 Å². The van der Waals surface area contributed by atoms with Gasteiger partial charge in [0, 0.05) is 17.0 Å². The third-order valence-electron chi connectivity index (χ3n) is 4.22. The summed E-state index contributed by atoms with van der Waals surface area (Å²) < 4.78 is 0. The second-order valence-electron chi connectivity index (χ2n) is 5.43. The average Bonchev–Trinajstić information content (AvgIpc) is 2.51. The second kappa shape index (κ2) is 4.24. The molecule has 0 aliphatic rings. The Morgan fingerprint density at radius 3 is 2.05 bits per heavy atom. The van der Waals surface area contributed by atoms with Gasteiger partial charge >= 0.3 is 0 Å². The molecule has 0 atom stereocenters. The summed E-state index contributed by atoms with van der Waals surface area (Å²) in [5, 5.41) is 16.4. The van der Waals surface area contributed by atoms with Crippen molar-refractivity contribution in [3.8, 4) is 0 Å². The van der Waals surface area contributed by atoms with E-state index in [0.29, 0.717) is 10.9 Å². The first kappa shape index (κ1) is 12.7. The first-order valence-electron chi connectivity index (χ1n) is 6.94. The van der Waals surface area contributed by atoms with Crippen LogP contribution in [0, 0.1) is 10.1 Å². The van der Waals surface area contributed by atoms with Crippen LogP contribution in [0.3, 0.4) is 0 Å². The summed E-state index contributed by atoms with van der Waals surface area (Å²) >= 11 is 0. The van der Waals surface area contributed by atoms with Crippen molar-refractivity contribution in [3.63, 3.8) is 0 Å². The minimum absolute atomic E-state index is 0.00701. The standard InChI is InChI=1S/C18H11NO3/c1-10(20)13-6-2-11-4-8-15-16(19(21)22)9-5-12-3-7-14(13)17(11)18(12)15/h2-9H,1H3. The van der Waals surface area contributed by atoms with Crippen molar-refractivity contribution < 1.29 is 9.72 Å². The predicted molar refractivity (Wildman–Crippen MR) is 86.8 cm³/mol. The average molecular weight is 289 g/mol. The number of carbonyl (C=O) groups excluding carboxylic acids is 1. The molecule has 0 aliphatic carbocycles. The molecule has 4 nitrogen and oxygen atoms in total. The number of nitro benzene ring substituents is 1. The third-order valence-corrected chi connectivity index (χ3v) is 4.22. The number of hydrogen-bond donors (Lipinski definition) is 0. The quantitative estimate of drug-likeness (QED) is 0.233. The molecule has 0 aromatic heterocycles. The summed E-state index contributed by atoms with van der Waals surface area (Å²) in [5.74, 6) is -0.00701. The van der Waals surface area contributed by atoms with Gasteiger partial charge in [0.2, 0.25) is 0 Å². The number of benzene rings is 4. The van der Waals surface area contributed by atoms with E-state index in [4.69, 9.17) is 0 Å². The summed E-state index contributed by atoms with van der Waals surface area (Å²) in [6.45, 7) is 1.54. The van der Waals surface area contributed by atoms with Crippen LogP contribution in [0.5, 0.6) is 0 Å². The fourth-order valence-electron chi connectivity index (χ4n) is 3.25. The number of rotatable bonds is 2. The molecule has 22 heavy (non-hydrogen) atoms. The number of nitro groups is 1. The molecule has 0 fully saturated rings. The van der Waals surface area contributed by atoms with Crippen LogP contribution in [0.4, 0.5) is 5.69 Å². The third kappa shape index (κ3) is 1.55. The summed E-state index contributed by atoms with van der Waals surface area (Å²) in [7, 11) is 0. The largest absolute Gasteiger partial charge is 0.294 e. The molecule has 0 heterocycles. The fraction of sp³-hybridized carbons (Fsp3) is 0.0556. The van der Waals surface area contributed by atoms with E-state index >= 15 is 0 Å². The zero-order chi connectivity index (χ0) is 15.4. The van der Waals surface area contributed by atoms with E-state index in [1.54, 1.807) is 12.1 Å². The molecule has 0 amide bonds. The molecule has 0 saturated carbocycles. The lowest BCUT2D eigenvalue weighted by atomic mass is 9.90. The monoisotopic (exact) mass is 289 g/mol. The number of non-ortho nitro benzene ring substituents is 1. The van der Waals surface area contributed by atoms with Gasteiger partial charge in [0.05, 0.1) is 10.3 Å². The molecule has 0 spiro atoms. The van der Waals surface area contributed by atoms with E-state index in [1.165, 1.54) is 13.0 Å². The summed E-state index contributed by atoms with van der Waals surface area (Å²) in [6.07, 6.45) is 0. The van der Waals surface area contributed by atoms with E-state index in [9.17, 15) is 14.9 Å². The number of carbonyl (C=O) groups is 1. The lowest BCUT2D eigenvalue weighted by molar-refractivity contribution is -0.383. The van der Waals surface area contributed by atoms with E-state index < -0.39 is 0 Å². The highest BCUT2D eigenvalue weighted by atomic mass is 16.6. The van der Waals surface area contributed by atoms with Gasteiger partial charge in [0.15, 0.2) is 5.78 Å². The van der Waals surface area contributed by atoms with Crippen LogP contribution in [0.2, 0.25) is 0 Å². The Bertz CT molecular complexity index is 994. The zero-order valence-corrected chi connectivity index (χ0v) is 11.8. The fourth-order valence-corrected chi connectivity index (χ4v) is 3.25. The van der Waals surface area contributed by atoms with E-state index in [1.807, 2.05) is 30.3 Å². The normalized spacial score (nSPS) is 11.5. The van der Waals surface area contributed by atoms with E-state index in [0.717, 1.165) is 26.9 Å². The molecule has 106 valence electrons. The minimum atomic E-state index is -0.363. The first-order chi connectivity index (χ1) is 10.6. The number of Topliss-reactive ketones (excluding diaryl/α,β-unsaturated/α-hetero) is 1.